The second-order valence-electron chi connectivity index (χ2n) is 5.64. The highest BCUT2D eigenvalue weighted by molar-refractivity contribution is 7.90. The molecule has 1 atom stereocenters. The van der Waals surface area contributed by atoms with Crippen molar-refractivity contribution in [3.05, 3.63) is 18.2 Å². The SMILES string of the molecule is CN1CCCC(CNc2cccc(S(C)(=O)=O)c2N)C1. The molecule has 6 heteroatoms. The second-order valence-corrected chi connectivity index (χ2v) is 7.63. The number of likely N-dealkylation sites (tertiary alicyclic amines) is 1. The maximum Gasteiger partial charge on any atom is 0.177 e. The summed E-state index contributed by atoms with van der Waals surface area (Å²) >= 11 is 0. The fraction of sp³-hybridized carbons (Fsp3) is 0.571. The fourth-order valence-corrected chi connectivity index (χ4v) is 3.55. The Balaban J connectivity index is 2.07. The van der Waals surface area contributed by atoms with Crippen LogP contribution in [0.3, 0.4) is 0 Å². The van der Waals surface area contributed by atoms with Gasteiger partial charge >= 0.3 is 0 Å². The quantitative estimate of drug-likeness (QED) is 0.822. The minimum Gasteiger partial charge on any atom is -0.396 e. The summed E-state index contributed by atoms with van der Waals surface area (Å²) in [6.45, 7) is 3.04. The molecule has 0 aromatic heterocycles. The summed E-state index contributed by atoms with van der Waals surface area (Å²) in [5.74, 6) is 0.579. The van der Waals surface area contributed by atoms with Crippen LogP contribution in [0.1, 0.15) is 12.8 Å². The van der Waals surface area contributed by atoms with Crippen molar-refractivity contribution >= 4 is 21.2 Å². The maximum atomic E-state index is 11.6. The van der Waals surface area contributed by atoms with Crippen LogP contribution in [0.15, 0.2) is 23.1 Å². The fourth-order valence-electron chi connectivity index (χ4n) is 2.72. The Bertz CT molecular complexity index is 572. The van der Waals surface area contributed by atoms with Gasteiger partial charge < -0.3 is 16.0 Å². The van der Waals surface area contributed by atoms with Crippen LogP contribution in [0.2, 0.25) is 0 Å². The lowest BCUT2D eigenvalue weighted by atomic mass is 9.98. The summed E-state index contributed by atoms with van der Waals surface area (Å²) < 4.78 is 23.3. The zero-order chi connectivity index (χ0) is 14.8. The average molecular weight is 297 g/mol. The predicted molar refractivity (Wildman–Crippen MR) is 82.7 cm³/mol. The van der Waals surface area contributed by atoms with Gasteiger partial charge in [0.25, 0.3) is 0 Å². The van der Waals surface area contributed by atoms with Gasteiger partial charge in [-0.2, -0.15) is 0 Å². The first kappa shape index (κ1) is 15.1. The van der Waals surface area contributed by atoms with Crippen molar-refractivity contribution in [1.29, 1.82) is 0 Å². The number of nitrogens with one attached hydrogen (secondary N) is 1. The Morgan fingerprint density at radius 3 is 2.85 bits per heavy atom. The third-order valence-corrected chi connectivity index (χ3v) is 4.92. The lowest BCUT2D eigenvalue weighted by Crippen LogP contribution is -2.35. The molecule has 0 saturated carbocycles. The summed E-state index contributed by atoms with van der Waals surface area (Å²) in [7, 11) is -1.15. The third-order valence-electron chi connectivity index (χ3n) is 3.77. The predicted octanol–water partition coefficient (Wildman–Crippen LogP) is 1.43. The van der Waals surface area contributed by atoms with Crippen LogP contribution in [0.4, 0.5) is 11.4 Å². The monoisotopic (exact) mass is 297 g/mol. The van der Waals surface area contributed by atoms with Gasteiger partial charge in [0, 0.05) is 19.3 Å². The molecule has 112 valence electrons. The number of hydrogen-bond donors (Lipinski definition) is 2. The number of para-hydroxylation sites is 1. The zero-order valence-corrected chi connectivity index (χ0v) is 12.9. The number of anilines is 2. The van der Waals surface area contributed by atoms with Gasteiger partial charge in [0.1, 0.15) is 0 Å². The Labute approximate surface area is 121 Å². The molecule has 1 aromatic carbocycles. The van der Waals surface area contributed by atoms with Gasteiger partial charge in [0.15, 0.2) is 9.84 Å². The first-order valence-corrected chi connectivity index (χ1v) is 8.78. The maximum absolute atomic E-state index is 11.6. The van der Waals surface area contributed by atoms with Crippen LogP contribution in [-0.2, 0) is 9.84 Å². The van der Waals surface area contributed by atoms with E-state index in [4.69, 9.17) is 5.73 Å². The molecule has 0 spiro atoms. The molecule has 0 amide bonds. The molecular formula is C14H23N3O2S. The molecule has 0 radical (unpaired) electrons. The van der Waals surface area contributed by atoms with Crippen LogP contribution in [-0.4, -0.2) is 46.3 Å². The molecule has 1 aliphatic heterocycles. The van der Waals surface area contributed by atoms with E-state index in [1.54, 1.807) is 12.1 Å². The third kappa shape index (κ3) is 3.64. The standard InChI is InChI=1S/C14H23N3O2S/c1-17-8-4-5-11(10-17)9-16-12-6-3-7-13(14(12)15)20(2,18)19/h3,6-7,11,16H,4-5,8-10,15H2,1-2H3. The Kier molecular flexibility index (Phi) is 4.55. The van der Waals surface area contributed by atoms with E-state index in [0.29, 0.717) is 17.3 Å². The van der Waals surface area contributed by atoms with Crippen LogP contribution in [0.5, 0.6) is 0 Å². The molecule has 1 aromatic rings. The largest absolute Gasteiger partial charge is 0.396 e. The number of nitrogen functional groups attached to an aromatic ring is 1. The van der Waals surface area contributed by atoms with E-state index in [0.717, 1.165) is 19.6 Å². The van der Waals surface area contributed by atoms with Gasteiger partial charge in [0.05, 0.1) is 16.3 Å². The van der Waals surface area contributed by atoms with Crippen LogP contribution in [0, 0.1) is 5.92 Å². The zero-order valence-electron chi connectivity index (χ0n) is 12.1. The minimum atomic E-state index is -3.28. The molecule has 0 bridgehead atoms. The Morgan fingerprint density at radius 1 is 1.45 bits per heavy atom. The van der Waals surface area contributed by atoms with Crippen molar-refractivity contribution in [3.8, 4) is 0 Å². The van der Waals surface area contributed by atoms with Crippen molar-refractivity contribution < 1.29 is 8.42 Å². The van der Waals surface area contributed by atoms with Crippen molar-refractivity contribution in [2.24, 2.45) is 5.92 Å². The number of sulfone groups is 1. The van der Waals surface area contributed by atoms with Gasteiger partial charge in [-0.3, -0.25) is 0 Å². The van der Waals surface area contributed by atoms with E-state index >= 15 is 0 Å². The Hall–Kier alpha value is -1.27. The summed E-state index contributed by atoms with van der Waals surface area (Å²) in [5, 5.41) is 3.30. The van der Waals surface area contributed by atoms with Gasteiger partial charge in [-0.1, -0.05) is 6.07 Å². The van der Waals surface area contributed by atoms with Crippen LogP contribution < -0.4 is 11.1 Å². The molecule has 1 fully saturated rings. The molecule has 1 aliphatic rings. The molecule has 0 aliphatic carbocycles. The summed E-state index contributed by atoms with van der Waals surface area (Å²) in [4.78, 5) is 2.52. The van der Waals surface area contributed by atoms with E-state index in [2.05, 4.69) is 17.3 Å². The molecule has 1 heterocycles. The number of hydrogen-bond acceptors (Lipinski definition) is 5. The summed E-state index contributed by atoms with van der Waals surface area (Å²) in [6.07, 6.45) is 3.59. The van der Waals surface area contributed by atoms with E-state index in [1.165, 1.54) is 19.1 Å². The van der Waals surface area contributed by atoms with Gasteiger partial charge in [-0.05, 0) is 44.5 Å². The number of nitrogens with zero attached hydrogens (tertiary/aromatic N) is 1. The molecule has 20 heavy (non-hydrogen) atoms. The normalized spacial score (nSPS) is 20.8. The second kappa shape index (κ2) is 6.01. The van der Waals surface area contributed by atoms with E-state index in [-0.39, 0.29) is 4.90 Å². The smallest absolute Gasteiger partial charge is 0.177 e. The highest BCUT2D eigenvalue weighted by atomic mass is 32.2. The number of rotatable bonds is 4. The summed E-state index contributed by atoms with van der Waals surface area (Å²) in [5.41, 5.74) is 6.99. The lowest BCUT2D eigenvalue weighted by Gasteiger charge is -2.30. The first-order valence-electron chi connectivity index (χ1n) is 6.89. The molecule has 2 rings (SSSR count). The van der Waals surface area contributed by atoms with Crippen molar-refractivity contribution in [3.63, 3.8) is 0 Å². The van der Waals surface area contributed by atoms with E-state index < -0.39 is 9.84 Å². The average Bonchev–Trinajstić information content (AvgIpc) is 2.36. The van der Waals surface area contributed by atoms with E-state index in [1.807, 2.05) is 6.07 Å². The molecule has 3 N–H and O–H groups in total. The number of nitrogens with two attached hydrogens (primary N) is 1. The number of piperidine rings is 1. The van der Waals surface area contributed by atoms with Gasteiger partial charge in [-0.25, -0.2) is 8.42 Å². The highest BCUT2D eigenvalue weighted by Crippen LogP contribution is 2.27. The molecule has 5 nitrogen and oxygen atoms in total. The molecular weight excluding hydrogens is 274 g/mol. The van der Waals surface area contributed by atoms with E-state index in [9.17, 15) is 8.42 Å². The topological polar surface area (TPSA) is 75.4 Å². The van der Waals surface area contributed by atoms with Crippen molar-refractivity contribution in [1.82, 2.24) is 4.90 Å². The Morgan fingerprint density at radius 2 is 2.20 bits per heavy atom. The molecule has 1 unspecified atom stereocenters. The van der Waals surface area contributed by atoms with Crippen molar-refractivity contribution in [2.75, 3.05) is 44.0 Å². The number of benzene rings is 1. The highest BCUT2D eigenvalue weighted by Gasteiger charge is 2.18. The minimum absolute atomic E-state index is 0.197. The molecule has 1 saturated heterocycles. The van der Waals surface area contributed by atoms with Gasteiger partial charge in [-0.15, -0.1) is 0 Å². The van der Waals surface area contributed by atoms with Gasteiger partial charge in [0.2, 0.25) is 0 Å². The lowest BCUT2D eigenvalue weighted by molar-refractivity contribution is 0.217. The summed E-state index contributed by atoms with van der Waals surface area (Å²) in [6, 6.07) is 5.10. The van der Waals surface area contributed by atoms with Crippen LogP contribution in [0.25, 0.3) is 0 Å². The first-order chi connectivity index (χ1) is 9.38. The van der Waals surface area contributed by atoms with Crippen molar-refractivity contribution in [2.45, 2.75) is 17.7 Å². The van der Waals surface area contributed by atoms with Crippen LogP contribution >= 0.6 is 0 Å².